The summed E-state index contributed by atoms with van der Waals surface area (Å²) in [6.07, 6.45) is 0.676. The average molecular weight is 467 g/mol. The molecule has 2 aromatic carbocycles. The number of ketones is 1. The van der Waals surface area contributed by atoms with E-state index in [4.69, 9.17) is 4.74 Å². The summed E-state index contributed by atoms with van der Waals surface area (Å²) in [6.45, 7) is 7.70. The second kappa shape index (κ2) is 10.7. The number of rotatable bonds is 9. The van der Waals surface area contributed by atoms with Gasteiger partial charge in [0, 0.05) is 12.1 Å². The lowest BCUT2D eigenvalue weighted by atomic mass is 9.94. The van der Waals surface area contributed by atoms with Crippen LogP contribution in [0, 0.1) is 12.8 Å². The molecule has 1 fully saturated rings. The molecule has 0 spiro atoms. The Morgan fingerprint density at radius 2 is 1.79 bits per heavy atom. The van der Waals surface area contributed by atoms with Gasteiger partial charge >= 0.3 is 0 Å². The quantitative estimate of drug-likeness (QED) is 0.328. The minimum Gasteiger partial charge on any atom is -0.508 e. The van der Waals surface area contributed by atoms with Crippen molar-refractivity contribution in [3.05, 3.63) is 64.7 Å². The number of aromatic hydroxyl groups is 1. The molecule has 2 aromatic rings. The van der Waals surface area contributed by atoms with Crippen molar-refractivity contribution in [3.63, 3.8) is 0 Å². The van der Waals surface area contributed by atoms with Crippen molar-refractivity contribution < 1.29 is 24.5 Å². The van der Waals surface area contributed by atoms with Crippen molar-refractivity contribution in [3.8, 4) is 11.5 Å². The van der Waals surface area contributed by atoms with Crippen LogP contribution in [0.3, 0.4) is 0 Å². The van der Waals surface area contributed by atoms with Crippen LogP contribution in [-0.4, -0.2) is 65.5 Å². The van der Waals surface area contributed by atoms with Gasteiger partial charge in [-0.05, 0) is 81.4 Å². The van der Waals surface area contributed by atoms with Gasteiger partial charge in [0.05, 0.1) is 18.2 Å². The molecule has 0 aromatic heterocycles. The van der Waals surface area contributed by atoms with Crippen LogP contribution in [0.25, 0.3) is 5.76 Å². The minimum absolute atomic E-state index is 0.0517. The van der Waals surface area contributed by atoms with Crippen LogP contribution >= 0.6 is 0 Å². The van der Waals surface area contributed by atoms with Crippen LogP contribution in [0.4, 0.5) is 0 Å². The lowest BCUT2D eigenvalue weighted by Crippen LogP contribution is -2.32. The third kappa shape index (κ3) is 5.59. The first-order valence-electron chi connectivity index (χ1n) is 11.6. The molecule has 182 valence electrons. The Hall–Kier alpha value is -3.32. The molecule has 1 aliphatic heterocycles. The number of likely N-dealkylation sites (tertiary alicyclic amines) is 1. The lowest BCUT2D eigenvalue weighted by molar-refractivity contribution is -0.139. The highest BCUT2D eigenvalue weighted by Gasteiger charge is 2.45. The van der Waals surface area contributed by atoms with Crippen LogP contribution < -0.4 is 4.74 Å². The van der Waals surface area contributed by atoms with E-state index in [2.05, 4.69) is 13.8 Å². The second-order valence-electron chi connectivity index (χ2n) is 9.43. The van der Waals surface area contributed by atoms with E-state index in [1.165, 1.54) is 17.0 Å². The Labute approximate surface area is 201 Å². The third-order valence-electron chi connectivity index (χ3n) is 5.77. The van der Waals surface area contributed by atoms with Crippen LogP contribution in [0.15, 0.2) is 48.0 Å². The van der Waals surface area contributed by atoms with E-state index in [0.29, 0.717) is 42.4 Å². The van der Waals surface area contributed by atoms with Gasteiger partial charge in [-0.1, -0.05) is 26.0 Å². The van der Waals surface area contributed by atoms with Crippen molar-refractivity contribution in [2.75, 3.05) is 33.8 Å². The summed E-state index contributed by atoms with van der Waals surface area (Å²) < 4.78 is 5.82. The lowest BCUT2D eigenvalue weighted by Gasteiger charge is -2.26. The Bertz CT molecular complexity index is 1070. The molecule has 1 amide bonds. The highest BCUT2D eigenvalue weighted by atomic mass is 16.5. The van der Waals surface area contributed by atoms with Gasteiger partial charge in [-0.2, -0.15) is 0 Å². The number of aliphatic hydroxyl groups excluding tert-OH is 1. The molecule has 0 aliphatic carbocycles. The number of aryl methyl sites for hydroxylation is 1. The van der Waals surface area contributed by atoms with E-state index in [1.807, 2.05) is 25.9 Å². The second-order valence-corrected chi connectivity index (χ2v) is 9.43. The van der Waals surface area contributed by atoms with Gasteiger partial charge in [-0.3, -0.25) is 9.59 Å². The van der Waals surface area contributed by atoms with E-state index in [1.54, 1.807) is 30.3 Å². The zero-order valence-corrected chi connectivity index (χ0v) is 20.5. The number of phenols is 1. The monoisotopic (exact) mass is 466 g/mol. The Balaban J connectivity index is 2.03. The fraction of sp³-hybridized carbons (Fsp3) is 0.407. The highest BCUT2D eigenvalue weighted by molar-refractivity contribution is 6.46. The normalized spacial score (nSPS) is 17.7. The maximum Gasteiger partial charge on any atom is 0.295 e. The molecule has 1 aliphatic rings. The maximum absolute atomic E-state index is 13.1. The summed E-state index contributed by atoms with van der Waals surface area (Å²) in [4.78, 5) is 29.6. The molecule has 3 rings (SSSR count). The molecule has 0 bridgehead atoms. The van der Waals surface area contributed by atoms with Crippen LogP contribution in [0.1, 0.15) is 43.0 Å². The maximum atomic E-state index is 13.1. The van der Waals surface area contributed by atoms with Gasteiger partial charge in [-0.15, -0.1) is 0 Å². The van der Waals surface area contributed by atoms with Gasteiger partial charge in [0.1, 0.15) is 17.3 Å². The zero-order chi connectivity index (χ0) is 25.0. The first kappa shape index (κ1) is 25.3. The van der Waals surface area contributed by atoms with Gasteiger partial charge in [0.15, 0.2) is 0 Å². The molecule has 2 N–H and O–H groups in total. The summed E-state index contributed by atoms with van der Waals surface area (Å²) in [7, 11) is 3.89. The summed E-state index contributed by atoms with van der Waals surface area (Å²) in [5.41, 5.74) is 1.98. The predicted molar refractivity (Wildman–Crippen MR) is 132 cm³/mol. The number of amides is 1. The van der Waals surface area contributed by atoms with E-state index in [0.717, 1.165) is 12.1 Å². The molecule has 34 heavy (non-hydrogen) atoms. The topological polar surface area (TPSA) is 90.3 Å². The van der Waals surface area contributed by atoms with E-state index in [9.17, 15) is 19.8 Å². The van der Waals surface area contributed by atoms with Gasteiger partial charge in [0.25, 0.3) is 11.7 Å². The smallest absolute Gasteiger partial charge is 0.295 e. The number of carbonyl (C=O) groups is 2. The standard InChI is InChI=1S/C27H34N2O5/c1-17(2)16-34-22-12-9-20(15-18(22)3)25(31)23-24(19-7-10-21(30)11-8-19)29(27(33)26(23)32)14-6-13-28(4)5/h7-12,15,17,24,30-31H,6,13-14,16H2,1-5H3/t24-/m1/s1. The molecule has 7 nitrogen and oxygen atoms in total. The Morgan fingerprint density at radius 3 is 2.38 bits per heavy atom. The number of carbonyl (C=O) groups excluding carboxylic acids is 2. The molecule has 1 heterocycles. The fourth-order valence-electron chi connectivity index (χ4n) is 4.04. The summed E-state index contributed by atoms with van der Waals surface area (Å²) >= 11 is 0. The largest absolute Gasteiger partial charge is 0.508 e. The van der Waals surface area contributed by atoms with E-state index < -0.39 is 17.7 Å². The number of Topliss-reactive ketones (excluding diaryl/α,β-unsaturated/α-hetero) is 1. The molecule has 7 heteroatoms. The first-order valence-corrected chi connectivity index (χ1v) is 11.6. The molecule has 0 radical (unpaired) electrons. The Kier molecular flexibility index (Phi) is 7.99. The fourth-order valence-corrected chi connectivity index (χ4v) is 4.04. The van der Waals surface area contributed by atoms with E-state index >= 15 is 0 Å². The zero-order valence-electron chi connectivity index (χ0n) is 20.5. The number of benzene rings is 2. The highest BCUT2D eigenvalue weighted by Crippen LogP contribution is 2.40. The average Bonchev–Trinajstić information content (AvgIpc) is 3.03. The molecular formula is C27H34N2O5. The van der Waals surface area contributed by atoms with Gasteiger partial charge < -0.3 is 24.7 Å². The van der Waals surface area contributed by atoms with E-state index in [-0.39, 0.29) is 17.1 Å². The van der Waals surface area contributed by atoms with Crippen LogP contribution in [0.2, 0.25) is 0 Å². The summed E-state index contributed by atoms with van der Waals surface area (Å²) in [5, 5.41) is 21.0. The molecular weight excluding hydrogens is 432 g/mol. The minimum atomic E-state index is -0.736. The number of phenolic OH excluding ortho intramolecular Hbond substituents is 1. The van der Waals surface area contributed by atoms with Crippen molar-refractivity contribution in [1.29, 1.82) is 0 Å². The number of hydrogen-bond acceptors (Lipinski definition) is 6. The van der Waals surface area contributed by atoms with Crippen molar-refractivity contribution >= 4 is 17.4 Å². The Morgan fingerprint density at radius 1 is 1.12 bits per heavy atom. The molecule has 1 saturated heterocycles. The molecule has 0 saturated carbocycles. The van der Waals surface area contributed by atoms with Crippen LogP contribution in [-0.2, 0) is 9.59 Å². The van der Waals surface area contributed by atoms with Crippen molar-refractivity contribution in [2.45, 2.75) is 33.2 Å². The number of hydrogen-bond donors (Lipinski definition) is 2. The van der Waals surface area contributed by atoms with Crippen molar-refractivity contribution in [1.82, 2.24) is 9.80 Å². The van der Waals surface area contributed by atoms with Crippen molar-refractivity contribution in [2.24, 2.45) is 5.92 Å². The van der Waals surface area contributed by atoms with Crippen LogP contribution in [0.5, 0.6) is 11.5 Å². The molecule has 0 unspecified atom stereocenters. The number of nitrogens with zero attached hydrogens (tertiary/aromatic N) is 2. The number of aliphatic hydroxyl groups is 1. The summed E-state index contributed by atoms with van der Waals surface area (Å²) in [5.74, 6) is -0.387. The molecule has 1 atom stereocenters. The SMILES string of the molecule is Cc1cc(C(O)=C2C(=O)C(=O)N(CCCN(C)C)[C@@H]2c2ccc(O)cc2)ccc1OCC(C)C. The predicted octanol–water partition coefficient (Wildman–Crippen LogP) is 4.11. The number of ether oxygens (including phenoxy) is 1. The summed E-state index contributed by atoms with van der Waals surface area (Å²) in [6, 6.07) is 10.9. The van der Waals surface area contributed by atoms with Gasteiger partial charge in [-0.25, -0.2) is 0 Å². The first-order chi connectivity index (χ1) is 16.1. The van der Waals surface area contributed by atoms with Gasteiger partial charge in [0.2, 0.25) is 0 Å². The third-order valence-corrected chi connectivity index (χ3v) is 5.77.